The summed E-state index contributed by atoms with van der Waals surface area (Å²) in [5.41, 5.74) is 7.26. The van der Waals surface area contributed by atoms with Gasteiger partial charge in [0.25, 0.3) is 0 Å². The maximum absolute atomic E-state index is 6.23. The Labute approximate surface area is 113 Å². The number of aromatic nitrogens is 2. The van der Waals surface area contributed by atoms with Crippen molar-refractivity contribution >= 4 is 17.4 Å². The van der Waals surface area contributed by atoms with Gasteiger partial charge in [0.2, 0.25) is 0 Å². The van der Waals surface area contributed by atoms with E-state index in [9.17, 15) is 0 Å². The van der Waals surface area contributed by atoms with E-state index >= 15 is 0 Å². The second kappa shape index (κ2) is 3.44. The standard InChI is InChI=1S/C14H20ClN3/c1-8-12(15)13(16)18(17-8)14-5-9-2-10(6-14)4-11(3-9)7-14/h9-11H,2-7,16H2,1H3. The number of nitrogens with two attached hydrogens (primary N) is 1. The molecule has 0 saturated heterocycles. The smallest absolute Gasteiger partial charge is 0.141 e. The number of halogens is 1. The van der Waals surface area contributed by atoms with Gasteiger partial charge in [-0.15, -0.1) is 0 Å². The summed E-state index contributed by atoms with van der Waals surface area (Å²) >= 11 is 6.23. The topological polar surface area (TPSA) is 43.8 Å². The molecule has 0 aliphatic heterocycles. The minimum Gasteiger partial charge on any atom is -0.383 e. The van der Waals surface area contributed by atoms with Crippen LogP contribution in [0.2, 0.25) is 5.02 Å². The molecule has 0 amide bonds. The third-order valence-electron chi connectivity index (χ3n) is 5.48. The van der Waals surface area contributed by atoms with Crippen LogP contribution in [0.5, 0.6) is 0 Å². The lowest BCUT2D eigenvalue weighted by Crippen LogP contribution is -2.52. The molecule has 1 aromatic rings. The highest BCUT2D eigenvalue weighted by Crippen LogP contribution is 2.59. The van der Waals surface area contributed by atoms with E-state index in [1.54, 1.807) is 0 Å². The van der Waals surface area contributed by atoms with Crippen molar-refractivity contribution in [2.45, 2.75) is 51.0 Å². The maximum atomic E-state index is 6.23. The Bertz CT molecular complexity index is 470. The summed E-state index contributed by atoms with van der Waals surface area (Å²) in [5, 5.41) is 5.32. The number of hydrogen-bond acceptors (Lipinski definition) is 2. The molecule has 1 aromatic heterocycles. The summed E-state index contributed by atoms with van der Waals surface area (Å²) in [5.74, 6) is 3.40. The summed E-state index contributed by atoms with van der Waals surface area (Å²) in [4.78, 5) is 0. The van der Waals surface area contributed by atoms with E-state index in [1.807, 2.05) is 6.92 Å². The molecular weight excluding hydrogens is 246 g/mol. The minimum absolute atomic E-state index is 0.191. The first-order chi connectivity index (χ1) is 8.57. The average Bonchev–Trinajstić information content (AvgIpc) is 2.56. The Kier molecular flexibility index (Phi) is 2.13. The predicted octanol–water partition coefficient (Wildman–Crippen LogP) is 3.35. The van der Waals surface area contributed by atoms with Crippen LogP contribution in [-0.4, -0.2) is 9.78 Å². The van der Waals surface area contributed by atoms with Gasteiger partial charge in [0.1, 0.15) is 10.8 Å². The normalized spacial score (nSPS) is 41.6. The van der Waals surface area contributed by atoms with E-state index in [0.29, 0.717) is 10.8 Å². The van der Waals surface area contributed by atoms with Gasteiger partial charge in [0.05, 0.1) is 11.2 Å². The second-order valence-corrected chi connectivity index (χ2v) is 7.22. The fourth-order valence-corrected chi connectivity index (χ4v) is 5.33. The van der Waals surface area contributed by atoms with E-state index in [0.717, 1.165) is 23.4 Å². The van der Waals surface area contributed by atoms with Gasteiger partial charge in [-0.3, -0.25) is 0 Å². The first-order valence-electron chi connectivity index (χ1n) is 7.08. The van der Waals surface area contributed by atoms with Gasteiger partial charge in [0.15, 0.2) is 0 Å². The molecule has 4 fully saturated rings. The SMILES string of the molecule is Cc1nn(C23CC4CC(CC(C4)C2)C3)c(N)c1Cl. The van der Waals surface area contributed by atoms with Gasteiger partial charge >= 0.3 is 0 Å². The maximum Gasteiger partial charge on any atom is 0.141 e. The summed E-state index contributed by atoms with van der Waals surface area (Å²) < 4.78 is 2.09. The van der Waals surface area contributed by atoms with Crippen LogP contribution in [0.4, 0.5) is 5.82 Å². The van der Waals surface area contributed by atoms with Crippen LogP contribution in [0.3, 0.4) is 0 Å². The van der Waals surface area contributed by atoms with Crippen molar-refractivity contribution in [1.29, 1.82) is 0 Å². The number of hydrogen-bond donors (Lipinski definition) is 1. The molecule has 0 spiro atoms. The third kappa shape index (κ3) is 1.34. The highest BCUT2D eigenvalue weighted by atomic mass is 35.5. The molecule has 18 heavy (non-hydrogen) atoms. The average molecular weight is 266 g/mol. The van der Waals surface area contributed by atoms with Crippen LogP contribution in [0, 0.1) is 24.7 Å². The quantitative estimate of drug-likeness (QED) is 0.846. The van der Waals surface area contributed by atoms with Gasteiger partial charge < -0.3 is 5.73 Å². The molecule has 5 rings (SSSR count). The Morgan fingerprint density at radius 2 is 1.67 bits per heavy atom. The van der Waals surface area contributed by atoms with Crippen molar-refractivity contribution in [3.63, 3.8) is 0 Å². The minimum atomic E-state index is 0.191. The lowest BCUT2D eigenvalue weighted by molar-refractivity contribution is -0.0482. The van der Waals surface area contributed by atoms with Crippen LogP contribution in [0.15, 0.2) is 0 Å². The van der Waals surface area contributed by atoms with Crippen LogP contribution in [0.25, 0.3) is 0 Å². The summed E-state index contributed by atoms with van der Waals surface area (Å²) in [6, 6.07) is 0. The molecule has 1 heterocycles. The van der Waals surface area contributed by atoms with Crippen molar-refractivity contribution in [3.05, 3.63) is 10.7 Å². The Morgan fingerprint density at radius 3 is 2.06 bits per heavy atom. The molecule has 4 heteroatoms. The van der Waals surface area contributed by atoms with Crippen LogP contribution < -0.4 is 5.73 Å². The summed E-state index contributed by atoms with van der Waals surface area (Å²) in [6.45, 7) is 1.95. The molecule has 0 atom stereocenters. The first-order valence-corrected chi connectivity index (χ1v) is 7.46. The van der Waals surface area contributed by atoms with E-state index in [4.69, 9.17) is 17.3 Å². The third-order valence-corrected chi connectivity index (χ3v) is 5.94. The zero-order chi connectivity index (χ0) is 12.5. The van der Waals surface area contributed by atoms with E-state index in [-0.39, 0.29) is 5.54 Å². The number of nitrogens with zero attached hydrogens (tertiary/aromatic N) is 2. The predicted molar refractivity (Wildman–Crippen MR) is 72.5 cm³/mol. The van der Waals surface area contributed by atoms with Gasteiger partial charge in [-0.05, 0) is 63.2 Å². The van der Waals surface area contributed by atoms with Crippen molar-refractivity contribution in [2.24, 2.45) is 17.8 Å². The molecule has 3 nitrogen and oxygen atoms in total. The highest BCUT2D eigenvalue weighted by Gasteiger charge is 2.53. The molecule has 98 valence electrons. The van der Waals surface area contributed by atoms with E-state index in [1.165, 1.54) is 38.5 Å². The zero-order valence-corrected chi connectivity index (χ0v) is 11.6. The summed E-state index contributed by atoms with van der Waals surface area (Å²) in [6.07, 6.45) is 8.11. The number of nitrogen functional groups attached to an aromatic ring is 1. The molecule has 4 bridgehead atoms. The molecule has 0 unspecified atom stereocenters. The Hall–Kier alpha value is -0.700. The second-order valence-electron chi connectivity index (χ2n) is 6.84. The van der Waals surface area contributed by atoms with Crippen molar-refractivity contribution in [2.75, 3.05) is 5.73 Å². The molecule has 0 radical (unpaired) electrons. The van der Waals surface area contributed by atoms with E-state index in [2.05, 4.69) is 9.78 Å². The fraction of sp³-hybridized carbons (Fsp3) is 0.786. The van der Waals surface area contributed by atoms with E-state index < -0.39 is 0 Å². The molecule has 4 aliphatic rings. The van der Waals surface area contributed by atoms with Crippen molar-refractivity contribution in [1.82, 2.24) is 9.78 Å². The molecule has 4 saturated carbocycles. The molecule has 4 aliphatic carbocycles. The van der Waals surface area contributed by atoms with Gasteiger partial charge in [0, 0.05) is 0 Å². The fourth-order valence-electron chi connectivity index (χ4n) is 5.21. The molecule has 0 aromatic carbocycles. The van der Waals surface area contributed by atoms with Crippen LogP contribution in [-0.2, 0) is 5.54 Å². The lowest BCUT2D eigenvalue weighted by atomic mass is 9.53. The number of rotatable bonds is 1. The largest absolute Gasteiger partial charge is 0.383 e. The van der Waals surface area contributed by atoms with Gasteiger partial charge in [-0.1, -0.05) is 11.6 Å². The monoisotopic (exact) mass is 265 g/mol. The first kappa shape index (κ1) is 11.2. The zero-order valence-electron chi connectivity index (χ0n) is 10.8. The van der Waals surface area contributed by atoms with Crippen molar-refractivity contribution in [3.8, 4) is 0 Å². The molecule has 2 N–H and O–H groups in total. The number of anilines is 1. The Morgan fingerprint density at radius 1 is 1.17 bits per heavy atom. The highest BCUT2D eigenvalue weighted by molar-refractivity contribution is 6.33. The Balaban J connectivity index is 1.81. The van der Waals surface area contributed by atoms with Crippen LogP contribution in [0.1, 0.15) is 44.2 Å². The summed E-state index contributed by atoms with van der Waals surface area (Å²) in [7, 11) is 0. The molecular formula is C14H20ClN3. The van der Waals surface area contributed by atoms with Crippen LogP contribution >= 0.6 is 11.6 Å². The van der Waals surface area contributed by atoms with Gasteiger partial charge in [-0.2, -0.15) is 5.10 Å². The van der Waals surface area contributed by atoms with Gasteiger partial charge in [-0.25, -0.2) is 4.68 Å². The van der Waals surface area contributed by atoms with Crippen molar-refractivity contribution < 1.29 is 0 Å². The lowest BCUT2D eigenvalue weighted by Gasteiger charge is -2.56. The number of aryl methyl sites for hydroxylation is 1.